The molecule has 0 aromatic carbocycles. The van der Waals surface area contributed by atoms with Crippen LogP contribution in [0, 0.1) is 0 Å². The van der Waals surface area contributed by atoms with Gasteiger partial charge in [0, 0.05) is 31.7 Å². The van der Waals surface area contributed by atoms with Gasteiger partial charge in [-0.1, -0.05) is 11.6 Å². The van der Waals surface area contributed by atoms with Crippen LogP contribution in [-0.4, -0.2) is 44.4 Å². The molecule has 1 aromatic rings. The summed E-state index contributed by atoms with van der Waals surface area (Å²) in [5, 5.41) is 3.96. The molecule has 2 aliphatic heterocycles. The van der Waals surface area contributed by atoms with Gasteiger partial charge >= 0.3 is 0 Å². The number of nitrogens with zero attached hydrogens (tertiary/aromatic N) is 2. The summed E-state index contributed by atoms with van der Waals surface area (Å²) in [4.78, 5) is 6.72. The largest absolute Gasteiger partial charge is 0.476 e. The molecule has 1 fully saturated rings. The second-order valence-electron chi connectivity index (χ2n) is 4.38. The molecule has 0 unspecified atom stereocenters. The van der Waals surface area contributed by atoms with Crippen LogP contribution in [0.2, 0.25) is 5.02 Å². The minimum atomic E-state index is 0. The topological polar surface area (TPSA) is 46.6 Å². The van der Waals surface area contributed by atoms with E-state index in [2.05, 4.69) is 15.2 Å². The highest BCUT2D eigenvalue weighted by molar-refractivity contribution is 8.93. The first-order valence-electron chi connectivity index (χ1n) is 6.20. The highest BCUT2D eigenvalue weighted by atomic mass is 79.9. The van der Waals surface area contributed by atoms with E-state index >= 15 is 0 Å². The summed E-state index contributed by atoms with van der Waals surface area (Å²) in [5.41, 5.74) is 1.02. The number of nitrogens with one attached hydrogen (secondary N) is 1. The summed E-state index contributed by atoms with van der Waals surface area (Å²) < 4.78 is 11.0. The average Bonchev–Trinajstić information content (AvgIpc) is 2.63. The quantitative estimate of drug-likeness (QED) is 0.834. The van der Waals surface area contributed by atoms with E-state index in [1.807, 2.05) is 6.07 Å². The van der Waals surface area contributed by atoms with E-state index in [1.165, 1.54) is 0 Å². The van der Waals surface area contributed by atoms with Crippen molar-refractivity contribution in [1.29, 1.82) is 0 Å². The zero-order chi connectivity index (χ0) is 12.4. The predicted molar refractivity (Wildman–Crippen MR) is 79.8 cm³/mol. The van der Waals surface area contributed by atoms with E-state index in [1.54, 1.807) is 0 Å². The first-order valence-corrected chi connectivity index (χ1v) is 6.58. The number of ether oxygens (including phenoxy) is 2. The van der Waals surface area contributed by atoms with Crippen molar-refractivity contribution in [3.05, 3.63) is 16.7 Å². The van der Waals surface area contributed by atoms with Gasteiger partial charge in [0.05, 0.1) is 18.2 Å². The van der Waals surface area contributed by atoms with Crippen LogP contribution in [0.5, 0.6) is 5.88 Å². The zero-order valence-corrected chi connectivity index (χ0v) is 13.0. The van der Waals surface area contributed by atoms with Crippen molar-refractivity contribution in [3.8, 4) is 5.88 Å². The van der Waals surface area contributed by atoms with Crippen LogP contribution in [0.15, 0.2) is 6.07 Å². The number of hydrogen-bond donors (Lipinski definition) is 1. The molecule has 106 valence electrons. The summed E-state index contributed by atoms with van der Waals surface area (Å²) in [7, 11) is 0. The maximum Gasteiger partial charge on any atom is 0.219 e. The maximum absolute atomic E-state index is 6.32. The Labute approximate surface area is 128 Å². The Morgan fingerprint density at radius 2 is 2.05 bits per heavy atom. The first kappa shape index (κ1) is 14.8. The van der Waals surface area contributed by atoms with Crippen LogP contribution in [0.25, 0.3) is 0 Å². The molecular formula is C12H17BrClN3O2. The third-order valence-electron chi connectivity index (χ3n) is 3.14. The lowest BCUT2D eigenvalue weighted by Crippen LogP contribution is -2.37. The fraction of sp³-hybridized carbons (Fsp3) is 0.583. The van der Waals surface area contributed by atoms with Gasteiger partial charge in [-0.05, 0) is 6.07 Å². The zero-order valence-electron chi connectivity index (χ0n) is 10.5. The molecule has 0 atom stereocenters. The molecule has 2 aliphatic rings. The van der Waals surface area contributed by atoms with Crippen LogP contribution in [0.4, 0.5) is 5.82 Å². The molecule has 0 saturated carbocycles. The molecule has 1 saturated heterocycles. The normalized spacial score (nSPS) is 18.9. The van der Waals surface area contributed by atoms with E-state index in [4.69, 9.17) is 21.1 Å². The monoisotopic (exact) mass is 349 g/mol. The Morgan fingerprint density at radius 3 is 2.84 bits per heavy atom. The fourth-order valence-corrected chi connectivity index (χ4v) is 2.49. The van der Waals surface area contributed by atoms with E-state index in [-0.39, 0.29) is 17.0 Å². The van der Waals surface area contributed by atoms with Crippen LogP contribution in [0.1, 0.15) is 5.56 Å². The van der Waals surface area contributed by atoms with E-state index < -0.39 is 0 Å². The maximum atomic E-state index is 6.32. The molecule has 19 heavy (non-hydrogen) atoms. The smallest absolute Gasteiger partial charge is 0.219 e. The number of fused-ring (bicyclic) bond motifs is 1. The van der Waals surface area contributed by atoms with Gasteiger partial charge in [0.15, 0.2) is 5.82 Å². The van der Waals surface area contributed by atoms with Gasteiger partial charge in [-0.15, -0.1) is 17.0 Å². The van der Waals surface area contributed by atoms with Crippen LogP contribution >= 0.6 is 28.6 Å². The molecule has 0 amide bonds. The Morgan fingerprint density at radius 1 is 1.26 bits per heavy atom. The summed E-state index contributed by atoms with van der Waals surface area (Å²) >= 11 is 6.32. The number of aromatic nitrogens is 1. The van der Waals surface area contributed by atoms with Gasteiger partial charge < -0.3 is 19.7 Å². The van der Waals surface area contributed by atoms with Gasteiger partial charge in [0.25, 0.3) is 0 Å². The van der Waals surface area contributed by atoms with Crippen molar-refractivity contribution < 1.29 is 9.47 Å². The van der Waals surface area contributed by atoms with Crippen molar-refractivity contribution in [2.45, 2.75) is 6.54 Å². The van der Waals surface area contributed by atoms with E-state index in [0.29, 0.717) is 17.5 Å². The molecular weight excluding hydrogens is 334 g/mol. The number of rotatable bonds is 1. The number of halogens is 2. The second kappa shape index (κ2) is 6.74. The Kier molecular flexibility index (Phi) is 5.27. The van der Waals surface area contributed by atoms with Crippen molar-refractivity contribution in [2.24, 2.45) is 0 Å². The van der Waals surface area contributed by atoms with Gasteiger partial charge in [-0.3, -0.25) is 0 Å². The van der Waals surface area contributed by atoms with Crippen LogP contribution in [-0.2, 0) is 11.3 Å². The summed E-state index contributed by atoms with van der Waals surface area (Å²) in [6.07, 6.45) is 0. The van der Waals surface area contributed by atoms with Gasteiger partial charge in [-0.2, -0.15) is 4.98 Å². The van der Waals surface area contributed by atoms with Crippen molar-refractivity contribution in [1.82, 2.24) is 10.3 Å². The highest BCUT2D eigenvalue weighted by Crippen LogP contribution is 2.30. The number of anilines is 1. The first-order chi connectivity index (χ1) is 8.84. The summed E-state index contributed by atoms with van der Waals surface area (Å²) in [6, 6.07) is 1.95. The van der Waals surface area contributed by atoms with Crippen LogP contribution < -0.4 is 15.0 Å². The summed E-state index contributed by atoms with van der Waals surface area (Å²) in [5.74, 6) is 1.51. The van der Waals surface area contributed by atoms with Gasteiger partial charge in [0.2, 0.25) is 5.88 Å². The third kappa shape index (κ3) is 3.31. The Bertz CT molecular complexity index is 441. The molecule has 3 rings (SSSR count). The van der Waals surface area contributed by atoms with E-state index in [9.17, 15) is 0 Å². The molecule has 3 heterocycles. The predicted octanol–water partition coefficient (Wildman–Crippen LogP) is 1.63. The Balaban J connectivity index is 0.00000133. The molecule has 5 nitrogen and oxygen atoms in total. The minimum absolute atomic E-state index is 0. The number of hydrogen-bond acceptors (Lipinski definition) is 5. The van der Waals surface area contributed by atoms with Gasteiger partial charge in [-0.25, -0.2) is 0 Å². The van der Waals surface area contributed by atoms with E-state index in [0.717, 1.165) is 50.8 Å². The third-order valence-corrected chi connectivity index (χ3v) is 3.42. The molecule has 0 spiro atoms. The van der Waals surface area contributed by atoms with Crippen LogP contribution in [0.3, 0.4) is 0 Å². The lowest BCUT2D eigenvalue weighted by Gasteiger charge is -2.29. The Hall–Kier alpha value is -0.560. The number of morpholine rings is 1. The van der Waals surface area contributed by atoms with Crippen molar-refractivity contribution in [2.75, 3.05) is 44.4 Å². The molecule has 0 bridgehead atoms. The summed E-state index contributed by atoms with van der Waals surface area (Å²) in [6.45, 7) is 5.32. The minimum Gasteiger partial charge on any atom is -0.476 e. The molecule has 0 radical (unpaired) electrons. The average molecular weight is 351 g/mol. The molecule has 7 heteroatoms. The lowest BCUT2D eigenvalue weighted by atomic mass is 10.2. The van der Waals surface area contributed by atoms with Crippen molar-refractivity contribution in [3.63, 3.8) is 0 Å². The molecule has 0 aliphatic carbocycles. The standard InChI is InChI=1S/C12H16ClN3O2.BrH/c13-10-7-9-8-14-1-4-18-12(9)15-11(10)16-2-5-17-6-3-16;/h7,14H,1-6,8H2;1H. The lowest BCUT2D eigenvalue weighted by molar-refractivity contribution is 0.122. The highest BCUT2D eigenvalue weighted by Gasteiger charge is 2.20. The fourth-order valence-electron chi connectivity index (χ4n) is 2.19. The molecule has 1 aromatic heterocycles. The molecule has 1 N–H and O–H groups in total. The van der Waals surface area contributed by atoms with Gasteiger partial charge in [0.1, 0.15) is 6.61 Å². The van der Waals surface area contributed by atoms with Crippen molar-refractivity contribution >= 4 is 34.4 Å². The number of pyridine rings is 1. The second-order valence-corrected chi connectivity index (χ2v) is 4.79. The SMILES string of the molecule is Br.Clc1cc2c(nc1N1CCOCC1)OCCNC2.